The number of hydrogen-bond acceptors (Lipinski definition) is 1. The fourth-order valence-electron chi connectivity index (χ4n) is 2.74. The highest BCUT2D eigenvalue weighted by molar-refractivity contribution is 5.86. The number of benzene rings is 2. The zero-order chi connectivity index (χ0) is 13.4. The third-order valence-electron chi connectivity index (χ3n) is 4.01. The smallest absolute Gasteiger partial charge is 0.0317 e. The molecule has 2 aromatic rings. The minimum atomic E-state index is 0.867. The van der Waals surface area contributed by atoms with Gasteiger partial charge in [-0.25, -0.2) is 0 Å². The maximum absolute atomic E-state index is 5.85. The van der Waals surface area contributed by atoms with Gasteiger partial charge in [0.15, 0.2) is 0 Å². The van der Waals surface area contributed by atoms with Crippen LogP contribution in [0.4, 0.5) is 5.69 Å². The van der Waals surface area contributed by atoms with E-state index in [1.807, 2.05) is 6.07 Å². The number of rotatable bonds is 1. The molecule has 96 valence electrons. The lowest BCUT2D eigenvalue weighted by molar-refractivity contribution is 1.08. The predicted octanol–water partition coefficient (Wildman–Crippen LogP) is 4.37. The van der Waals surface area contributed by atoms with E-state index in [0.717, 1.165) is 18.5 Å². The minimum absolute atomic E-state index is 0.867. The zero-order valence-electron chi connectivity index (χ0n) is 11.5. The molecule has 0 aliphatic heterocycles. The molecule has 0 amide bonds. The molecular weight excluding hydrogens is 230 g/mol. The third-order valence-corrected chi connectivity index (χ3v) is 4.01. The summed E-state index contributed by atoms with van der Waals surface area (Å²) in [6.07, 6.45) is 4.54. The van der Waals surface area contributed by atoms with Gasteiger partial charge in [0, 0.05) is 5.69 Å². The molecule has 2 N–H and O–H groups in total. The number of nitrogens with two attached hydrogens (primary N) is 1. The van der Waals surface area contributed by atoms with Crippen LogP contribution in [0.5, 0.6) is 0 Å². The van der Waals surface area contributed by atoms with Crippen molar-refractivity contribution in [2.24, 2.45) is 0 Å². The Labute approximate surface area is 114 Å². The molecule has 0 fully saturated rings. The van der Waals surface area contributed by atoms with Crippen molar-refractivity contribution in [3.05, 3.63) is 64.2 Å². The summed E-state index contributed by atoms with van der Waals surface area (Å²) < 4.78 is 0. The number of hydrogen-bond donors (Lipinski definition) is 1. The molecule has 1 aliphatic carbocycles. The van der Waals surface area contributed by atoms with Crippen molar-refractivity contribution in [1.29, 1.82) is 0 Å². The summed E-state index contributed by atoms with van der Waals surface area (Å²) >= 11 is 0. The summed E-state index contributed by atoms with van der Waals surface area (Å²) in [4.78, 5) is 0. The van der Waals surface area contributed by atoms with E-state index in [1.165, 1.54) is 33.4 Å². The number of nitrogen functional groups attached to an aromatic ring is 1. The number of anilines is 1. The van der Waals surface area contributed by atoms with Gasteiger partial charge in [-0.2, -0.15) is 0 Å². The van der Waals surface area contributed by atoms with Gasteiger partial charge in [-0.1, -0.05) is 30.3 Å². The summed E-state index contributed by atoms with van der Waals surface area (Å²) in [5.74, 6) is 0. The highest BCUT2D eigenvalue weighted by Gasteiger charge is 2.15. The Balaban J connectivity index is 2.00. The van der Waals surface area contributed by atoms with Gasteiger partial charge in [-0.05, 0) is 72.2 Å². The topological polar surface area (TPSA) is 26.0 Å². The highest BCUT2D eigenvalue weighted by atomic mass is 14.5. The molecule has 19 heavy (non-hydrogen) atoms. The van der Waals surface area contributed by atoms with Gasteiger partial charge in [0.25, 0.3) is 0 Å². The first kappa shape index (κ1) is 12.0. The Kier molecular flexibility index (Phi) is 2.90. The SMILES string of the molecule is Cc1ccc(C=C2CCc3cc(N)ccc32)cc1C. The lowest BCUT2D eigenvalue weighted by Crippen LogP contribution is -1.88. The van der Waals surface area contributed by atoms with E-state index >= 15 is 0 Å². The van der Waals surface area contributed by atoms with Crippen LogP contribution < -0.4 is 5.73 Å². The first-order valence-electron chi connectivity index (χ1n) is 6.80. The number of aryl methyl sites for hydroxylation is 3. The van der Waals surface area contributed by atoms with Gasteiger partial charge in [0.1, 0.15) is 0 Å². The Morgan fingerprint density at radius 3 is 2.58 bits per heavy atom. The third kappa shape index (κ3) is 2.28. The molecular formula is C18H19N. The van der Waals surface area contributed by atoms with Crippen molar-refractivity contribution in [1.82, 2.24) is 0 Å². The second-order valence-corrected chi connectivity index (χ2v) is 5.43. The lowest BCUT2D eigenvalue weighted by atomic mass is 10.0. The minimum Gasteiger partial charge on any atom is -0.399 e. The fraction of sp³-hybridized carbons (Fsp3) is 0.222. The first-order chi connectivity index (χ1) is 9.13. The van der Waals surface area contributed by atoms with Gasteiger partial charge in [-0.3, -0.25) is 0 Å². The molecule has 0 radical (unpaired) electrons. The fourth-order valence-corrected chi connectivity index (χ4v) is 2.74. The van der Waals surface area contributed by atoms with Crippen LogP contribution in [0.25, 0.3) is 11.6 Å². The Hall–Kier alpha value is -2.02. The van der Waals surface area contributed by atoms with Crippen molar-refractivity contribution in [2.75, 3.05) is 5.73 Å². The second kappa shape index (κ2) is 4.58. The summed E-state index contributed by atoms with van der Waals surface area (Å²) in [6, 6.07) is 12.9. The molecule has 1 nitrogen and oxygen atoms in total. The van der Waals surface area contributed by atoms with Crippen LogP contribution in [-0.2, 0) is 6.42 Å². The molecule has 0 saturated carbocycles. The lowest BCUT2D eigenvalue weighted by Gasteiger charge is -2.05. The van der Waals surface area contributed by atoms with Gasteiger partial charge in [0.2, 0.25) is 0 Å². The predicted molar refractivity (Wildman–Crippen MR) is 83.0 cm³/mol. The molecule has 3 rings (SSSR count). The normalized spacial score (nSPS) is 15.8. The van der Waals surface area contributed by atoms with E-state index < -0.39 is 0 Å². The average molecular weight is 249 g/mol. The van der Waals surface area contributed by atoms with Crippen LogP contribution in [0.2, 0.25) is 0 Å². The van der Waals surface area contributed by atoms with Crippen LogP contribution >= 0.6 is 0 Å². The molecule has 0 unspecified atom stereocenters. The van der Waals surface area contributed by atoms with Crippen molar-refractivity contribution in [3.63, 3.8) is 0 Å². The van der Waals surface area contributed by atoms with Gasteiger partial charge in [-0.15, -0.1) is 0 Å². The van der Waals surface area contributed by atoms with Crippen LogP contribution in [0.3, 0.4) is 0 Å². The Morgan fingerprint density at radius 2 is 1.79 bits per heavy atom. The van der Waals surface area contributed by atoms with E-state index in [9.17, 15) is 0 Å². The summed E-state index contributed by atoms with van der Waals surface area (Å²) in [7, 11) is 0. The van der Waals surface area contributed by atoms with Gasteiger partial charge < -0.3 is 5.73 Å². The van der Waals surface area contributed by atoms with Crippen LogP contribution in [-0.4, -0.2) is 0 Å². The summed E-state index contributed by atoms with van der Waals surface area (Å²) in [5, 5.41) is 0. The molecule has 0 heterocycles. The molecule has 2 aromatic carbocycles. The first-order valence-corrected chi connectivity index (χ1v) is 6.80. The standard InChI is InChI=1S/C18H19N/c1-12-3-4-14(9-13(12)2)10-15-5-6-16-11-17(19)7-8-18(15)16/h3-4,7-11H,5-6,19H2,1-2H3. The molecule has 0 atom stereocenters. The molecule has 1 aliphatic rings. The number of fused-ring (bicyclic) bond motifs is 1. The van der Waals surface area contributed by atoms with E-state index in [2.05, 4.69) is 50.3 Å². The molecule has 0 aromatic heterocycles. The van der Waals surface area contributed by atoms with Gasteiger partial charge >= 0.3 is 0 Å². The van der Waals surface area contributed by atoms with Crippen molar-refractivity contribution < 1.29 is 0 Å². The Morgan fingerprint density at radius 1 is 0.947 bits per heavy atom. The zero-order valence-corrected chi connectivity index (χ0v) is 11.5. The maximum atomic E-state index is 5.85. The second-order valence-electron chi connectivity index (χ2n) is 5.43. The molecule has 0 saturated heterocycles. The monoisotopic (exact) mass is 249 g/mol. The van der Waals surface area contributed by atoms with Crippen molar-refractivity contribution >= 4 is 17.3 Å². The van der Waals surface area contributed by atoms with E-state index in [4.69, 9.17) is 5.73 Å². The average Bonchev–Trinajstić information content (AvgIpc) is 2.76. The largest absolute Gasteiger partial charge is 0.399 e. The van der Waals surface area contributed by atoms with E-state index in [0.29, 0.717) is 0 Å². The van der Waals surface area contributed by atoms with Crippen molar-refractivity contribution in [3.8, 4) is 0 Å². The van der Waals surface area contributed by atoms with Crippen LogP contribution in [0, 0.1) is 13.8 Å². The van der Waals surface area contributed by atoms with Gasteiger partial charge in [0.05, 0.1) is 0 Å². The van der Waals surface area contributed by atoms with Crippen molar-refractivity contribution in [2.45, 2.75) is 26.7 Å². The molecule has 1 heteroatoms. The van der Waals surface area contributed by atoms with Crippen LogP contribution in [0.15, 0.2) is 36.4 Å². The quantitative estimate of drug-likeness (QED) is 0.746. The molecule has 0 spiro atoms. The Bertz CT molecular complexity index is 665. The van der Waals surface area contributed by atoms with E-state index in [1.54, 1.807) is 0 Å². The number of allylic oxidation sites excluding steroid dienone is 1. The highest BCUT2D eigenvalue weighted by Crippen LogP contribution is 2.34. The summed E-state index contributed by atoms with van der Waals surface area (Å²) in [5.41, 5.74) is 14.9. The van der Waals surface area contributed by atoms with Crippen LogP contribution in [0.1, 0.15) is 34.2 Å². The van der Waals surface area contributed by atoms with E-state index in [-0.39, 0.29) is 0 Å². The maximum Gasteiger partial charge on any atom is 0.0317 e. The molecule has 0 bridgehead atoms. The summed E-state index contributed by atoms with van der Waals surface area (Å²) in [6.45, 7) is 4.32.